The molecule has 0 saturated carbocycles. The van der Waals surface area contributed by atoms with Gasteiger partial charge in [0.25, 0.3) is 0 Å². The van der Waals surface area contributed by atoms with E-state index < -0.39 is 5.91 Å². The molecule has 0 unspecified atom stereocenters. The molecule has 0 aliphatic carbocycles. The van der Waals surface area contributed by atoms with Gasteiger partial charge in [-0.05, 0) is 57.2 Å². The van der Waals surface area contributed by atoms with Gasteiger partial charge in [0.15, 0.2) is 0 Å². The molecule has 6 nitrogen and oxygen atoms in total. The van der Waals surface area contributed by atoms with E-state index in [0.29, 0.717) is 11.6 Å². The summed E-state index contributed by atoms with van der Waals surface area (Å²) >= 11 is 0. The molecule has 134 valence electrons. The van der Waals surface area contributed by atoms with Crippen molar-refractivity contribution in [3.05, 3.63) is 60.0 Å². The van der Waals surface area contributed by atoms with Crippen molar-refractivity contribution in [2.24, 2.45) is 0 Å². The minimum atomic E-state index is -0.425. The molecular formula is C20H22N4O2. The molecule has 1 heterocycles. The number of hydrogen-bond acceptors (Lipinski definition) is 5. The van der Waals surface area contributed by atoms with E-state index >= 15 is 0 Å². The summed E-state index contributed by atoms with van der Waals surface area (Å²) in [4.78, 5) is 14.6. The lowest BCUT2D eigenvalue weighted by Crippen LogP contribution is -2.21. The van der Waals surface area contributed by atoms with Crippen molar-refractivity contribution in [3.8, 4) is 11.5 Å². The van der Waals surface area contributed by atoms with Gasteiger partial charge in [-0.2, -0.15) is 0 Å². The Bertz CT molecular complexity index is 866. The van der Waals surface area contributed by atoms with Crippen molar-refractivity contribution >= 4 is 17.3 Å². The molecule has 26 heavy (non-hydrogen) atoms. The topological polar surface area (TPSA) is 71.3 Å². The monoisotopic (exact) mass is 350 g/mol. The number of nitrogens with one attached hydrogen (secondary N) is 1. The number of carbonyl (C=O) groups is 1. The molecule has 0 aliphatic rings. The lowest BCUT2D eigenvalue weighted by atomic mass is 10.1. The van der Waals surface area contributed by atoms with Gasteiger partial charge in [-0.1, -0.05) is 17.7 Å². The normalized spacial score (nSPS) is 10.6. The number of rotatable bonds is 6. The molecule has 2 aromatic carbocycles. The van der Waals surface area contributed by atoms with Gasteiger partial charge in [-0.15, -0.1) is 10.2 Å². The van der Waals surface area contributed by atoms with E-state index in [-0.39, 0.29) is 5.89 Å². The molecule has 0 radical (unpaired) electrons. The van der Waals surface area contributed by atoms with Gasteiger partial charge in [-0.25, -0.2) is 0 Å². The van der Waals surface area contributed by atoms with Crippen LogP contribution in [0.25, 0.3) is 11.5 Å². The Morgan fingerprint density at radius 1 is 1.00 bits per heavy atom. The standard InChI is InChI=1S/C20H22N4O2/c1-4-24(5-2)17-12-10-16(11-13-17)21-18(25)20-23-22-19(26-20)15-8-6-14(3)7-9-15/h6-13H,4-5H2,1-3H3,(H,21,25). The molecule has 1 N–H and O–H groups in total. The fourth-order valence-corrected chi connectivity index (χ4v) is 2.66. The molecule has 6 heteroatoms. The van der Waals surface area contributed by atoms with E-state index in [0.717, 1.165) is 29.9 Å². The third-order valence-electron chi connectivity index (χ3n) is 4.17. The minimum absolute atomic E-state index is 0.0617. The molecule has 0 saturated heterocycles. The predicted octanol–water partition coefficient (Wildman–Crippen LogP) is 4.14. The first kappa shape index (κ1) is 17.7. The third kappa shape index (κ3) is 3.91. The van der Waals surface area contributed by atoms with Crippen LogP contribution in [0.3, 0.4) is 0 Å². The largest absolute Gasteiger partial charge is 0.412 e. The van der Waals surface area contributed by atoms with Crippen LogP contribution in [0.15, 0.2) is 52.9 Å². The zero-order valence-corrected chi connectivity index (χ0v) is 15.2. The third-order valence-corrected chi connectivity index (χ3v) is 4.17. The molecule has 0 fully saturated rings. The molecule has 0 bridgehead atoms. The maximum atomic E-state index is 12.3. The Balaban J connectivity index is 1.69. The average molecular weight is 350 g/mol. The molecule has 1 aromatic heterocycles. The fraction of sp³-hybridized carbons (Fsp3) is 0.250. The SMILES string of the molecule is CCN(CC)c1ccc(NC(=O)c2nnc(-c3ccc(C)cc3)o2)cc1. The Kier molecular flexibility index (Phi) is 5.31. The van der Waals surface area contributed by atoms with Crippen molar-refractivity contribution in [1.29, 1.82) is 0 Å². The molecule has 0 spiro atoms. The Morgan fingerprint density at radius 3 is 2.27 bits per heavy atom. The number of aryl methyl sites for hydroxylation is 1. The van der Waals surface area contributed by atoms with E-state index in [1.807, 2.05) is 55.5 Å². The average Bonchev–Trinajstić information content (AvgIpc) is 3.15. The van der Waals surface area contributed by atoms with Crippen LogP contribution in [-0.4, -0.2) is 29.2 Å². The number of nitrogens with zero attached hydrogens (tertiary/aromatic N) is 3. The number of benzene rings is 2. The van der Waals surface area contributed by atoms with Crippen LogP contribution in [0.5, 0.6) is 0 Å². The summed E-state index contributed by atoms with van der Waals surface area (Å²) in [7, 11) is 0. The van der Waals surface area contributed by atoms with Gasteiger partial charge in [0.1, 0.15) is 0 Å². The van der Waals surface area contributed by atoms with E-state index in [4.69, 9.17) is 4.42 Å². The molecule has 1 amide bonds. The number of anilines is 2. The fourth-order valence-electron chi connectivity index (χ4n) is 2.66. The molecule has 0 atom stereocenters. The number of carbonyl (C=O) groups excluding carboxylic acids is 1. The van der Waals surface area contributed by atoms with E-state index in [1.54, 1.807) is 0 Å². The smallest absolute Gasteiger partial charge is 0.313 e. The van der Waals surface area contributed by atoms with Gasteiger partial charge < -0.3 is 14.6 Å². The van der Waals surface area contributed by atoms with E-state index in [2.05, 4.69) is 34.3 Å². The first-order chi connectivity index (χ1) is 12.6. The Hall–Kier alpha value is -3.15. The van der Waals surface area contributed by atoms with Crippen molar-refractivity contribution in [3.63, 3.8) is 0 Å². The summed E-state index contributed by atoms with van der Waals surface area (Å²) < 4.78 is 5.50. The summed E-state index contributed by atoms with van der Waals surface area (Å²) in [6.45, 7) is 8.10. The Labute approximate surface area is 152 Å². The zero-order valence-electron chi connectivity index (χ0n) is 15.2. The van der Waals surface area contributed by atoms with Gasteiger partial charge in [-0.3, -0.25) is 4.79 Å². The second kappa shape index (κ2) is 7.82. The minimum Gasteiger partial charge on any atom is -0.412 e. The maximum absolute atomic E-state index is 12.3. The quantitative estimate of drug-likeness (QED) is 0.723. The van der Waals surface area contributed by atoms with Crippen LogP contribution in [0.1, 0.15) is 30.1 Å². The van der Waals surface area contributed by atoms with Crippen molar-refractivity contribution in [2.45, 2.75) is 20.8 Å². The highest BCUT2D eigenvalue weighted by Gasteiger charge is 2.16. The lowest BCUT2D eigenvalue weighted by molar-refractivity contribution is 0.0991. The molecule has 3 rings (SSSR count). The van der Waals surface area contributed by atoms with Gasteiger partial charge in [0, 0.05) is 30.0 Å². The highest BCUT2D eigenvalue weighted by Crippen LogP contribution is 2.20. The molecular weight excluding hydrogens is 328 g/mol. The van der Waals surface area contributed by atoms with Crippen LogP contribution in [0, 0.1) is 6.92 Å². The summed E-state index contributed by atoms with van der Waals surface area (Å²) in [5.74, 6) is -0.160. The maximum Gasteiger partial charge on any atom is 0.313 e. The summed E-state index contributed by atoms with van der Waals surface area (Å²) in [6, 6.07) is 15.4. The predicted molar refractivity (Wildman–Crippen MR) is 102 cm³/mol. The molecule has 0 aliphatic heterocycles. The number of amides is 1. The van der Waals surface area contributed by atoms with Crippen molar-refractivity contribution < 1.29 is 9.21 Å². The summed E-state index contributed by atoms with van der Waals surface area (Å²) in [5.41, 5.74) is 3.72. The van der Waals surface area contributed by atoms with Crippen LogP contribution in [0.4, 0.5) is 11.4 Å². The van der Waals surface area contributed by atoms with E-state index in [9.17, 15) is 4.79 Å². The van der Waals surface area contributed by atoms with Crippen molar-refractivity contribution in [1.82, 2.24) is 10.2 Å². The molecule has 3 aromatic rings. The second-order valence-electron chi connectivity index (χ2n) is 5.95. The van der Waals surface area contributed by atoms with Crippen LogP contribution >= 0.6 is 0 Å². The first-order valence-electron chi connectivity index (χ1n) is 8.67. The van der Waals surface area contributed by atoms with E-state index in [1.165, 1.54) is 0 Å². The number of aromatic nitrogens is 2. The van der Waals surface area contributed by atoms with Crippen LogP contribution in [0.2, 0.25) is 0 Å². The van der Waals surface area contributed by atoms with Gasteiger partial charge in [0.2, 0.25) is 5.89 Å². The Morgan fingerprint density at radius 2 is 1.65 bits per heavy atom. The highest BCUT2D eigenvalue weighted by atomic mass is 16.4. The van der Waals surface area contributed by atoms with Crippen molar-refractivity contribution in [2.75, 3.05) is 23.3 Å². The number of hydrogen-bond donors (Lipinski definition) is 1. The summed E-state index contributed by atoms with van der Waals surface area (Å²) in [6.07, 6.45) is 0. The highest BCUT2D eigenvalue weighted by molar-refractivity contribution is 6.01. The second-order valence-corrected chi connectivity index (χ2v) is 5.95. The van der Waals surface area contributed by atoms with Crippen LogP contribution < -0.4 is 10.2 Å². The lowest BCUT2D eigenvalue weighted by Gasteiger charge is -2.21. The van der Waals surface area contributed by atoms with Crippen LogP contribution in [-0.2, 0) is 0 Å². The van der Waals surface area contributed by atoms with Gasteiger partial charge >= 0.3 is 11.8 Å². The zero-order chi connectivity index (χ0) is 18.5. The summed E-state index contributed by atoms with van der Waals surface area (Å²) in [5, 5.41) is 10.6. The first-order valence-corrected chi connectivity index (χ1v) is 8.67. The van der Waals surface area contributed by atoms with Gasteiger partial charge in [0.05, 0.1) is 0 Å².